The molecule has 1 saturated heterocycles. The second-order valence-electron chi connectivity index (χ2n) is 4.14. The Bertz CT molecular complexity index is 201. The lowest BCUT2D eigenvalue weighted by molar-refractivity contribution is -0.164. The lowest BCUT2D eigenvalue weighted by Crippen LogP contribution is -2.64. The van der Waals surface area contributed by atoms with Gasteiger partial charge in [-0.2, -0.15) is 0 Å². The summed E-state index contributed by atoms with van der Waals surface area (Å²) >= 11 is 0. The molecule has 3 heteroatoms. The van der Waals surface area contributed by atoms with E-state index in [9.17, 15) is 4.79 Å². The minimum Gasteiger partial charge on any atom is -0.381 e. The standard InChI is InChI=1S/C9H15NO2/c1-7(11)10-5-9(6-10)3-8(4-9)12-2/h8H,3-6H2,1-2H3. The average molecular weight is 169 g/mol. The molecule has 12 heavy (non-hydrogen) atoms. The Balaban J connectivity index is 1.79. The van der Waals surface area contributed by atoms with Crippen molar-refractivity contribution in [2.24, 2.45) is 5.41 Å². The Morgan fingerprint density at radius 2 is 2.08 bits per heavy atom. The number of ether oxygens (including phenoxy) is 1. The van der Waals surface area contributed by atoms with Gasteiger partial charge in [-0.3, -0.25) is 4.79 Å². The van der Waals surface area contributed by atoms with Crippen LogP contribution in [0.2, 0.25) is 0 Å². The van der Waals surface area contributed by atoms with E-state index < -0.39 is 0 Å². The van der Waals surface area contributed by atoms with Crippen molar-refractivity contribution in [3.05, 3.63) is 0 Å². The van der Waals surface area contributed by atoms with Crippen molar-refractivity contribution in [2.75, 3.05) is 20.2 Å². The van der Waals surface area contributed by atoms with Crippen LogP contribution in [0.25, 0.3) is 0 Å². The van der Waals surface area contributed by atoms with Crippen LogP contribution in [0.4, 0.5) is 0 Å². The number of hydrogen-bond donors (Lipinski definition) is 0. The summed E-state index contributed by atoms with van der Waals surface area (Å²) in [5, 5.41) is 0. The maximum atomic E-state index is 10.9. The maximum Gasteiger partial charge on any atom is 0.219 e. The predicted octanol–water partition coefficient (Wildman–Crippen LogP) is 0.644. The molecule has 0 N–H and O–H groups in total. The van der Waals surface area contributed by atoms with Crippen LogP contribution < -0.4 is 0 Å². The highest BCUT2D eigenvalue weighted by molar-refractivity contribution is 5.74. The SMILES string of the molecule is COC1CC2(C1)CN(C(C)=O)C2. The van der Waals surface area contributed by atoms with Gasteiger partial charge in [-0.05, 0) is 12.8 Å². The first-order valence-corrected chi connectivity index (χ1v) is 4.43. The molecule has 0 unspecified atom stereocenters. The lowest BCUT2D eigenvalue weighted by Gasteiger charge is -2.58. The Morgan fingerprint density at radius 1 is 1.50 bits per heavy atom. The number of methoxy groups -OCH3 is 1. The highest BCUT2D eigenvalue weighted by Crippen LogP contribution is 2.49. The molecule has 0 bridgehead atoms. The molecule has 1 saturated carbocycles. The van der Waals surface area contributed by atoms with Gasteiger partial charge >= 0.3 is 0 Å². The summed E-state index contributed by atoms with van der Waals surface area (Å²) in [7, 11) is 1.76. The predicted molar refractivity (Wildman–Crippen MR) is 44.7 cm³/mol. The molecule has 2 fully saturated rings. The first-order chi connectivity index (χ1) is 5.65. The molecule has 68 valence electrons. The van der Waals surface area contributed by atoms with Crippen molar-refractivity contribution < 1.29 is 9.53 Å². The van der Waals surface area contributed by atoms with Crippen molar-refractivity contribution in [3.8, 4) is 0 Å². The highest BCUT2D eigenvalue weighted by atomic mass is 16.5. The number of rotatable bonds is 1. The van der Waals surface area contributed by atoms with E-state index in [4.69, 9.17) is 4.74 Å². The lowest BCUT2D eigenvalue weighted by atomic mass is 9.62. The van der Waals surface area contributed by atoms with Crippen molar-refractivity contribution in [3.63, 3.8) is 0 Å². The zero-order valence-electron chi connectivity index (χ0n) is 7.67. The molecule has 1 aliphatic carbocycles. The number of likely N-dealkylation sites (tertiary alicyclic amines) is 1. The van der Waals surface area contributed by atoms with Crippen molar-refractivity contribution in [2.45, 2.75) is 25.9 Å². The van der Waals surface area contributed by atoms with Crippen LogP contribution >= 0.6 is 0 Å². The summed E-state index contributed by atoms with van der Waals surface area (Å²) in [5.41, 5.74) is 0.451. The van der Waals surface area contributed by atoms with Crippen molar-refractivity contribution >= 4 is 5.91 Å². The largest absolute Gasteiger partial charge is 0.381 e. The fourth-order valence-electron chi connectivity index (χ4n) is 2.32. The molecular weight excluding hydrogens is 154 g/mol. The van der Waals surface area contributed by atoms with Gasteiger partial charge in [0, 0.05) is 32.5 Å². The number of hydrogen-bond acceptors (Lipinski definition) is 2. The van der Waals surface area contributed by atoms with E-state index in [-0.39, 0.29) is 5.91 Å². The fraction of sp³-hybridized carbons (Fsp3) is 0.889. The number of carbonyl (C=O) groups excluding carboxylic acids is 1. The van der Waals surface area contributed by atoms with Crippen LogP contribution in [0.15, 0.2) is 0 Å². The van der Waals surface area contributed by atoms with Gasteiger partial charge in [0.05, 0.1) is 6.10 Å². The second kappa shape index (κ2) is 2.46. The summed E-state index contributed by atoms with van der Waals surface area (Å²) in [6.07, 6.45) is 2.75. The molecule has 0 radical (unpaired) electrons. The summed E-state index contributed by atoms with van der Waals surface area (Å²) in [4.78, 5) is 12.8. The third-order valence-electron chi connectivity index (χ3n) is 3.15. The van der Waals surface area contributed by atoms with Crippen molar-refractivity contribution in [1.82, 2.24) is 4.90 Å². The van der Waals surface area contributed by atoms with Crippen LogP contribution in [-0.2, 0) is 9.53 Å². The molecule has 0 atom stereocenters. The Morgan fingerprint density at radius 3 is 2.50 bits per heavy atom. The third-order valence-corrected chi connectivity index (χ3v) is 3.15. The van der Waals surface area contributed by atoms with Gasteiger partial charge in [-0.15, -0.1) is 0 Å². The van der Waals surface area contributed by atoms with E-state index in [1.165, 1.54) is 0 Å². The Hall–Kier alpha value is -0.570. The van der Waals surface area contributed by atoms with Gasteiger partial charge in [-0.25, -0.2) is 0 Å². The summed E-state index contributed by atoms with van der Waals surface area (Å²) in [5.74, 6) is 0.210. The molecule has 2 aliphatic rings. The molecule has 3 nitrogen and oxygen atoms in total. The van der Waals surface area contributed by atoms with E-state index in [0.717, 1.165) is 25.9 Å². The average Bonchev–Trinajstić information content (AvgIpc) is 1.81. The van der Waals surface area contributed by atoms with Gasteiger partial charge < -0.3 is 9.64 Å². The normalized spacial score (nSPS) is 26.7. The second-order valence-corrected chi connectivity index (χ2v) is 4.14. The minimum atomic E-state index is 0.210. The van der Waals surface area contributed by atoms with Crippen molar-refractivity contribution in [1.29, 1.82) is 0 Å². The molecule has 0 aromatic heterocycles. The van der Waals surface area contributed by atoms with Crippen LogP contribution in [0.5, 0.6) is 0 Å². The number of amides is 1. The van der Waals surface area contributed by atoms with Crippen LogP contribution in [-0.4, -0.2) is 37.1 Å². The zero-order chi connectivity index (χ0) is 8.77. The zero-order valence-corrected chi connectivity index (χ0v) is 7.67. The van der Waals surface area contributed by atoms with Gasteiger partial charge in [0.25, 0.3) is 0 Å². The third kappa shape index (κ3) is 1.04. The molecule has 2 rings (SSSR count). The molecule has 1 heterocycles. The number of carbonyl (C=O) groups is 1. The highest BCUT2D eigenvalue weighted by Gasteiger charge is 2.53. The summed E-state index contributed by atoms with van der Waals surface area (Å²) < 4.78 is 5.21. The monoisotopic (exact) mass is 169 g/mol. The maximum absolute atomic E-state index is 10.9. The quantitative estimate of drug-likeness (QED) is 0.576. The summed E-state index contributed by atoms with van der Waals surface area (Å²) in [6.45, 7) is 3.56. The summed E-state index contributed by atoms with van der Waals surface area (Å²) in [6, 6.07) is 0. The van der Waals surface area contributed by atoms with Crippen LogP contribution in [0, 0.1) is 5.41 Å². The van der Waals surface area contributed by atoms with E-state index in [1.54, 1.807) is 14.0 Å². The molecule has 1 amide bonds. The van der Waals surface area contributed by atoms with E-state index in [1.807, 2.05) is 4.90 Å². The number of nitrogens with zero attached hydrogens (tertiary/aromatic N) is 1. The van der Waals surface area contributed by atoms with E-state index in [0.29, 0.717) is 11.5 Å². The van der Waals surface area contributed by atoms with Gasteiger partial charge in [0.2, 0.25) is 5.91 Å². The first-order valence-electron chi connectivity index (χ1n) is 4.43. The Kier molecular flexibility index (Phi) is 1.65. The van der Waals surface area contributed by atoms with Crippen LogP contribution in [0.1, 0.15) is 19.8 Å². The molecule has 0 aromatic carbocycles. The minimum absolute atomic E-state index is 0.210. The first kappa shape index (κ1) is 8.05. The smallest absolute Gasteiger partial charge is 0.219 e. The fourth-order valence-corrected chi connectivity index (χ4v) is 2.32. The topological polar surface area (TPSA) is 29.5 Å². The van der Waals surface area contributed by atoms with Gasteiger partial charge in [0.1, 0.15) is 0 Å². The van der Waals surface area contributed by atoms with E-state index in [2.05, 4.69) is 0 Å². The van der Waals surface area contributed by atoms with Gasteiger partial charge in [0.15, 0.2) is 0 Å². The van der Waals surface area contributed by atoms with E-state index >= 15 is 0 Å². The van der Waals surface area contributed by atoms with Crippen LogP contribution in [0.3, 0.4) is 0 Å². The molecule has 1 spiro atoms. The molecular formula is C9H15NO2. The van der Waals surface area contributed by atoms with Gasteiger partial charge in [-0.1, -0.05) is 0 Å². The Labute approximate surface area is 72.7 Å². The molecule has 1 aliphatic heterocycles. The molecule has 0 aromatic rings.